The van der Waals surface area contributed by atoms with Gasteiger partial charge in [0.15, 0.2) is 0 Å². The van der Waals surface area contributed by atoms with Gasteiger partial charge in [0.05, 0.1) is 15.8 Å². The van der Waals surface area contributed by atoms with Gasteiger partial charge in [-0.2, -0.15) is 4.31 Å². The van der Waals surface area contributed by atoms with E-state index >= 15 is 0 Å². The quantitative estimate of drug-likeness (QED) is 0.638. The normalized spacial score (nSPS) is 11.9. The van der Waals surface area contributed by atoms with Crippen LogP contribution in [0.2, 0.25) is 0 Å². The van der Waals surface area contributed by atoms with Crippen LogP contribution < -0.4 is 11.2 Å². The van der Waals surface area contributed by atoms with Crippen LogP contribution in [-0.2, 0) is 16.6 Å². The fourth-order valence-electron chi connectivity index (χ4n) is 2.42. The number of hydrogen-bond acceptors (Lipinski definition) is 5. The average molecular weight is 377 g/mol. The maximum absolute atomic E-state index is 13.0. The Balaban J connectivity index is 2.08. The van der Waals surface area contributed by atoms with Gasteiger partial charge in [0, 0.05) is 18.0 Å². The van der Waals surface area contributed by atoms with E-state index in [1.807, 2.05) is 17.5 Å². The first-order valence-corrected chi connectivity index (χ1v) is 9.63. The molecule has 0 atom stereocenters. The van der Waals surface area contributed by atoms with Gasteiger partial charge in [0.25, 0.3) is 5.56 Å². The molecule has 9 heteroatoms. The second-order valence-electron chi connectivity index (χ2n) is 5.28. The van der Waals surface area contributed by atoms with Crippen LogP contribution in [0, 0.1) is 0 Å². The first-order chi connectivity index (χ1) is 11.9. The summed E-state index contributed by atoms with van der Waals surface area (Å²) in [5.74, 6) is 0. The second-order valence-corrected chi connectivity index (χ2v) is 8.25. The third-order valence-corrected chi connectivity index (χ3v) is 6.26. The van der Waals surface area contributed by atoms with Gasteiger partial charge in [-0.25, -0.2) is 13.2 Å². The summed E-state index contributed by atoms with van der Waals surface area (Å²) in [4.78, 5) is 28.7. The van der Waals surface area contributed by atoms with Crippen molar-refractivity contribution in [3.8, 4) is 0 Å². The van der Waals surface area contributed by atoms with Crippen LogP contribution in [0.3, 0.4) is 0 Å². The largest absolute Gasteiger partial charge is 0.326 e. The molecule has 0 bridgehead atoms. The van der Waals surface area contributed by atoms with Crippen LogP contribution in [0.15, 0.2) is 62.9 Å². The van der Waals surface area contributed by atoms with Crippen LogP contribution in [0.4, 0.5) is 0 Å². The number of hydrogen-bond donors (Lipinski definition) is 2. The molecule has 0 fully saturated rings. The number of nitrogens with one attached hydrogen (secondary N) is 2. The number of nitrogens with zero attached hydrogens (tertiary/aromatic N) is 1. The molecule has 0 spiro atoms. The van der Waals surface area contributed by atoms with Crippen LogP contribution >= 0.6 is 11.3 Å². The summed E-state index contributed by atoms with van der Waals surface area (Å²) in [7, 11) is -3.83. The number of aromatic amines is 2. The van der Waals surface area contributed by atoms with Gasteiger partial charge in [-0.3, -0.25) is 9.78 Å². The molecule has 0 aliphatic rings. The van der Waals surface area contributed by atoms with Crippen molar-refractivity contribution in [2.24, 2.45) is 0 Å². The van der Waals surface area contributed by atoms with E-state index in [-0.39, 0.29) is 28.9 Å². The molecule has 25 heavy (non-hydrogen) atoms. The summed E-state index contributed by atoms with van der Waals surface area (Å²) in [5, 5.41) is 1.98. The van der Waals surface area contributed by atoms with Gasteiger partial charge in [-0.05, 0) is 29.6 Å². The van der Waals surface area contributed by atoms with Crippen molar-refractivity contribution in [1.82, 2.24) is 14.3 Å². The molecule has 3 rings (SSSR count). The Morgan fingerprint density at radius 3 is 2.68 bits per heavy atom. The smallest absolute Gasteiger partial charge is 0.307 e. The summed E-state index contributed by atoms with van der Waals surface area (Å²) in [6.45, 7) is 3.97. The first-order valence-electron chi connectivity index (χ1n) is 7.31. The highest BCUT2D eigenvalue weighted by atomic mass is 32.2. The summed E-state index contributed by atoms with van der Waals surface area (Å²) in [6, 6.07) is 7.76. The van der Waals surface area contributed by atoms with Crippen molar-refractivity contribution in [1.29, 1.82) is 0 Å². The second kappa shape index (κ2) is 6.79. The minimum absolute atomic E-state index is 0.0176. The number of H-pyrrole nitrogens is 2. The zero-order valence-corrected chi connectivity index (χ0v) is 14.7. The lowest BCUT2D eigenvalue weighted by Crippen LogP contribution is -2.31. The molecule has 0 radical (unpaired) electrons. The molecule has 130 valence electrons. The third kappa shape index (κ3) is 3.48. The molecule has 2 heterocycles. The summed E-state index contributed by atoms with van der Waals surface area (Å²) >= 11 is 1.46. The van der Waals surface area contributed by atoms with Crippen LogP contribution in [0.5, 0.6) is 0 Å². The Morgan fingerprint density at radius 1 is 1.20 bits per heavy atom. The van der Waals surface area contributed by atoms with E-state index in [4.69, 9.17) is 0 Å². The Kier molecular flexibility index (Phi) is 4.71. The first kappa shape index (κ1) is 17.3. The van der Waals surface area contributed by atoms with Gasteiger partial charge in [0.2, 0.25) is 10.0 Å². The van der Waals surface area contributed by atoms with E-state index in [1.54, 1.807) is 0 Å². The van der Waals surface area contributed by atoms with Gasteiger partial charge < -0.3 is 4.98 Å². The molecule has 2 N–H and O–H groups in total. The molecule has 1 aromatic carbocycles. The molecule has 0 aliphatic heterocycles. The fraction of sp³-hybridized carbons (Fsp3) is 0.125. The van der Waals surface area contributed by atoms with Crippen molar-refractivity contribution in [2.45, 2.75) is 11.4 Å². The Bertz CT molecular complexity index is 1130. The lowest BCUT2D eigenvalue weighted by Gasteiger charge is -2.20. The van der Waals surface area contributed by atoms with Gasteiger partial charge in [0.1, 0.15) is 0 Å². The van der Waals surface area contributed by atoms with E-state index in [9.17, 15) is 18.0 Å². The van der Waals surface area contributed by atoms with E-state index in [1.165, 1.54) is 39.9 Å². The van der Waals surface area contributed by atoms with E-state index in [2.05, 4.69) is 16.5 Å². The zero-order chi connectivity index (χ0) is 18.0. The monoisotopic (exact) mass is 377 g/mol. The summed E-state index contributed by atoms with van der Waals surface area (Å²) in [6.07, 6.45) is 1.51. The molecule has 7 nitrogen and oxygen atoms in total. The van der Waals surface area contributed by atoms with Crippen molar-refractivity contribution in [3.63, 3.8) is 0 Å². The molecule has 0 aliphatic carbocycles. The van der Waals surface area contributed by atoms with Crippen molar-refractivity contribution < 1.29 is 8.42 Å². The predicted molar refractivity (Wildman–Crippen MR) is 97.3 cm³/mol. The SMILES string of the molecule is C=CCN(Cc1cccs1)S(=O)(=O)c1ccc2[nH]c(=O)[nH]c(=O)c2c1. The maximum Gasteiger partial charge on any atom is 0.326 e. The maximum atomic E-state index is 13.0. The molecular formula is C16H15N3O4S2. The Labute approximate surface area is 147 Å². The van der Waals surface area contributed by atoms with Crippen molar-refractivity contribution in [2.75, 3.05) is 6.54 Å². The van der Waals surface area contributed by atoms with E-state index < -0.39 is 21.3 Å². The van der Waals surface area contributed by atoms with E-state index in [0.29, 0.717) is 0 Å². The fourth-order valence-corrected chi connectivity index (χ4v) is 4.64. The van der Waals surface area contributed by atoms with Gasteiger partial charge >= 0.3 is 5.69 Å². The highest BCUT2D eigenvalue weighted by Crippen LogP contribution is 2.22. The van der Waals surface area contributed by atoms with Crippen LogP contribution in [-0.4, -0.2) is 29.2 Å². The van der Waals surface area contributed by atoms with Crippen LogP contribution in [0.25, 0.3) is 10.9 Å². The summed E-state index contributed by atoms with van der Waals surface area (Å²) < 4.78 is 27.2. The predicted octanol–water partition coefficient (Wildman–Crippen LogP) is 1.65. The number of aromatic nitrogens is 2. The Hall–Kier alpha value is -2.49. The third-order valence-electron chi connectivity index (χ3n) is 3.59. The minimum atomic E-state index is -3.83. The number of rotatable bonds is 6. The molecule has 0 saturated heterocycles. The molecule has 0 amide bonds. The van der Waals surface area contributed by atoms with Gasteiger partial charge in [-0.15, -0.1) is 17.9 Å². The molecule has 3 aromatic rings. The lowest BCUT2D eigenvalue weighted by atomic mass is 10.2. The molecular weight excluding hydrogens is 362 g/mol. The average Bonchev–Trinajstić information content (AvgIpc) is 3.07. The highest BCUT2D eigenvalue weighted by Gasteiger charge is 2.24. The molecule has 0 saturated carbocycles. The van der Waals surface area contributed by atoms with Crippen LogP contribution in [0.1, 0.15) is 4.88 Å². The van der Waals surface area contributed by atoms with Crippen molar-refractivity contribution >= 4 is 32.3 Å². The minimum Gasteiger partial charge on any atom is -0.307 e. The summed E-state index contributed by atoms with van der Waals surface area (Å²) in [5.41, 5.74) is -0.996. The number of thiophene rings is 1. The van der Waals surface area contributed by atoms with Crippen molar-refractivity contribution in [3.05, 3.63) is 74.1 Å². The highest BCUT2D eigenvalue weighted by molar-refractivity contribution is 7.89. The number of benzene rings is 1. The topological polar surface area (TPSA) is 103 Å². The molecule has 2 aromatic heterocycles. The zero-order valence-electron chi connectivity index (χ0n) is 13.1. The molecule has 0 unspecified atom stereocenters. The Morgan fingerprint density at radius 2 is 2.00 bits per heavy atom. The lowest BCUT2D eigenvalue weighted by molar-refractivity contribution is 0.441. The van der Waals surface area contributed by atoms with Gasteiger partial charge in [-0.1, -0.05) is 12.1 Å². The number of fused-ring (bicyclic) bond motifs is 1. The standard InChI is InChI=1S/C16H15N3O4S2/c1-2-7-19(10-11-4-3-8-24-11)25(22,23)12-5-6-14-13(9-12)15(20)18-16(21)17-14/h2-6,8-9H,1,7,10H2,(H2,17,18,20,21). The number of sulfonamides is 1. The van der Waals surface area contributed by atoms with E-state index in [0.717, 1.165) is 4.88 Å².